The summed E-state index contributed by atoms with van der Waals surface area (Å²) >= 11 is 0. The maximum Gasteiger partial charge on any atom is 0.0661 e. The van der Waals surface area contributed by atoms with Gasteiger partial charge in [0.1, 0.15) is 0 Å². The number of rotatable bonds is 0. The molecule has 0 saturated heterocycles. The molecule has 0 heterocycles. The zero-order chi connectivity index (χ0) is 8.44. The molecule has 2 rings (SSSR count). The summed E-state index contributed by atoms with van der Waals surface area (Å²) in [5.74, 6) is 0.401. The first kappa shape index (κ1) is 8.10. The summed E-state index contributed by atoms with van der Waals surface area (Å²) in [7, 11) is 0. The smallest absolute Gasteiger partial charge is 0.0661 e. The molecule has 0 aromatic rings. The van der Waals surface area contributed by atoms with Crippen LogP contribution in [-0.2, 0) is 0 Å². The van der Waals surface area contributed by atoms with Gasteiger partial charge in [0.25, 0.3) is 0 Å². The van der Waals surface area contributed by atoms with Crippen molar-refractivity contribution in [3.05, 3.63) is 0 Å². The number of nitrogens with zero attached hydrogens (tertiary/aromatic N) is 1. The minimum atomic E-state index is 0.401. The number of hydrogen-bond acceptors (Lipinski definition) is 1. The third kappa shape index (κ3) is 1.14. The second kappa shape index (κ2) is 3.09. The van der Waals surface area contributed by atoms with Crippen molar-refractivity contribution in [1.82, 2.24) is 0 Å². The number of nitriles is 1. The first-order chi connectivity index (χ1) is 5.87. The molecule has 0 bridgehead atoms. The van der Waals surface area contributed by atoms with Gasteiger partial charge in [-0.1, -0.05) is 25.7 Å². The van der Waals surface area contributed by atoms with Crippen LogP contribution in [0.15, 0.2) is 0 Å². The van der Waals surface area contributed by atoms with Gasteiger partial charge in [-0.05, 0) is 31.1 Å². The summed E-state index contributed by atoms with van der Waals surface area (Å²) in [5.41, 5.74) is 0.479. The molecule has 0 radical (unpaired) electrons. The van der Waals surface area contributed by atoms with E-state index >= 15 is 0 Å². The Kier molecular flexibility index (Phi) is 2.09. The van der Waals surface area contributed by atoms with Crippen molar-refractivity contribution in [1.29, 1.82) is 5.26 Å². The van der Waals surface area contributed by atoms with Gasteiger partial charge >= 0.3 is 0 Å². The molecule has 0 aromatic heterocycles. The van der Waals surface area contributed by atoms with Crippen molar-refractivity contribution < 1.29 is 0 Å². The fraction of sp³-hybridized carbons (Fsp3) is 0.909. The Morgan fingerprint density at radius 3 is 2.33 bits per heavy atom. The molecule has 0 N–H and O–H groups in total. The zero-order valence-electron chi connectivity index (χ0n) is 7.68. The largest absolute Gasteiger partial charge is 0.198 e. The summed E-state index contributed by atoms with van der Waals surface area (Å²) < 4.78 is 0. The highest BCUT2D eigenvalue weighted by molar-refractivity contribution is 5.02. The molecule has 0 aromatic carbocycles. The van der Waals surface area contributed by atoms with Crippen LogP contribution in [-0.4, -0.2) is 0 Å². The first-order valence-electron chi connectivity index (χ1n) is 5.27. The molecule has 1 unspecified atom stereocenters. The highest BCUT2D eigenvalue weighted by Crippen LogP contribution is 2.52. The van der Waals surface area contributed by atoms with E-state index in [1.807, 2.05) is 0 Å². The Labute approximate surface area is 74.8 Å². The van der Waals surface area contributed by atoms with Crippen molar-refractivity contribution in [2.45, 2.75) is 51.4 Å². The van der Waals surface area contributed by atoms with Gasteiger partial charge in [0.15, 0.2) is 0 Å². The lowest BCUT2D eigenvalue weighted by Gasteiger charge is -2.35. The maximum absolute atomic E-state index is 9.03. The van der Waals surface area contributed by atoms with Crippen LogP contribution >= 0.6 is 0 Å². The van der Waals surface area contributed by atoms with E-state index in [1.54, 1.807) is 0 Å². The Morgan fingerprint density at radius 2 is 1.67 bits per heavy atom. The van der Waals surface area contributed by atoms with E-state index in [9.17, 15) is 0 Å². The van der Waals surface area contributed by atoms with E-state index < -0.39 is 0 Å². The van der Waals surface area contributed by atoms with Crippen LogP contribution in [0.25, 0.3) is 0 Å². The molecule has 1 atom stereocenters. The Bertz CT molecular complexity index is 196. The van der Waals surface area contributed by atoms with Gasteiger partial charge in [-0.3, -0.25) is 0 Å². The fourth-order valence-electron chi connectivity index (χ4n) is 3.19. The van der Waals surface area contributed by atoms with Gasteiger partial charge in [-0.2, -0.15) is 5.26 Å². The van der Waals surface area contributed by atoms with Crippen molar-refractivity contribution in [3.63, 3.8) is 0 Å². The summed E-state index contributed by atoms with van der Waals surface area (Å²) in [6.45, 7) is 0. The summed E-state index contributed by atoms with van der Waals surface area (Å²) in [5, 5.41) is 9.03. The highest BCUT2D eigenvalue weighted by Gasteiger charge is 2.43. The topological polar surface area (TPSA) is 23.8 Å². The molecule has 12 heavy (non-hydrogen) atoms. The standard InChI is InChI=1S/C11H17N/c12-9-10-5-4-8-11(10)6-2-1-3-7-11/h10H,1-8H2. The first-order valence-corrected chi connectivity index (χ1v) is 5.27. The van der Waals surface area contributed by atoms with Crippen molar-refractivity contribution in [2.24, 2.45) is 11.3 Å². The quantitative estimate of drug-likeness (QED) is 0.537. The number of hydrogen-bond donors (Lipinski definition) is 0. The molecule has 0 aliphatic heterocycles. The van der Waals surface area contributed by atoms with Crippen LogP contribution in [0.4, 0.5) is 0 Å². The van der Waals surface area contributed by atoms with Crippen molar-refractivity contribution in [3.8, 4) is 6.07 Å². The molecular formula is C11H17N. The minimum Gasteiger partial charge on any atom is -0.198 e. The maximum atomic E-state index is 9.03. The Hall–Kier alpha value is -0.510. The van der Waals surface area contributed by atoms with E-state index in [4.69, 9.17) is 5.26 Å². The SMILES string of the molecule is N#CC1CCCC12CCCCC2. The predicted octanol–water partition coefficient (Wildman–Crippen LogP) is 3.26. The average Bonchev–Trinajstić information content (AvgIpc) is 2.49. The fourth-order valence-corrected chi connectivity index (χ4v) is 3.19. The summed E-state index contributed by atoms with van der Waals surface area (Å²) in [4.78, 5) is 0. The molecule has 2 fully saturated rings. The lowest BCUT2D eigenvalue weighted by atomic mass is 9.68. The Morgan fingerprint density at radius 1 is 1.00 bits per heavy atom. The average molecular weight is 163 g/mol. The van der Waals surface area contributed by atoms with Crippen LogP contribution in [0.5, 0.6) is 0 Å². The van der Waals surface area contributed by atoms with Crippen LogP contribution in [0.1, 0.15) is 51.4 Å². The van der Waals surface area contributed by atoms with Gasteiger partial charge in [0.05, 0.1) is 12.0 Å². The predicted molar refractivity (Wildman–Crippen MR) is 48.5 cm³/mol. The molecule has 2 saturated carbocycles. The van der Waals surface area contributed by atoms with Gasteiger partial charge in [0, 0.05) is 0 Å². The van der Waals surface area contributed by atoms with Crippen LogP contribution in [0.3, 0.4) is 0 Å². The van der Waals surface area contributed by atoms with Gasteiger partial charge in [-0.15, -0.1) is 0 Å². The third-order valence-electron chi connectivity index (χ3n) is 3.91. The van der Waals surface area contributed by atoms with Crippen LogP contribution < -0.4 is 0 Å². The molecule has 66 valence electrons. The molecule has 0 amide bonds. The lowest BCUT2D eigenvalue weighted by Crippen LogP contribution is -2.27. The zero-order valence-corrected chi connectivity index (χ0v) is 7.68. The molecular weight excluding hydrogens is 146 g/mol. The molecule has 2 aliphatic carbocycles. The second-order valence-corrected chi connectivity index (χ2v) is 4.50. The van der Waals surface area contributed by atoms with Crippen LogP contribution in [0.2, 0.25) is 0 Å². The van der Waals surface area contributed by atoms with Gasteiger partial charge in [0.2, 0.25) is 0 Å². The normalized spacial score (nSPS) is 33.4. The molecule has 1 nitrogen and oxygen atoms in total. The molecule has 1 spiro atoms. The molecule has 1 heteroatoms. The lowest BCUT2D eigenvalue weighted by molar-refractivity contribution is 0.159. The van der Waals surface area contributed by atoms with Gasteiger partial charge in [-0.25, -0.2) is 0 Å². The summed E-state index contributed by atoms with van der Waals surface area (Å²) in [6.07, 6.45) is 10.6. The van der Waals surface area contributed by atoms with E-state index in [0.29, 0.717) is 11.3 Å². The van der Waals surface area contributed by atoms with Crippen molar-refractivity contribution >= 4 is 0 Å². The van der Waals surface area contributed by atoms with Crippen LogP contribution in [0, 0.1) is 22.7 Å². The monoisotopic (exact) mass is 163 g/mol. The summed E-state index contributed by atoms with van der Waals surface area (Å²) in [6, 6.07) is 2.52. The van der Waals surface area contributed by atoms with E-state index in [0.717, 1.165) is 0 Å². The third-order valence-corrected chi connectivity index (χ3v) is 3.91. The van der Waals surface area contributed by atoms with Crippen molar-refractivity contribution in [2.75, 3.05) is 0 Å². The highest BCUT2D eigenvalue weighted by atomic mass is 14.5. The van der Waals surface area contributed by atoms with E-state index in [-0.39, 0.29) is 0 Å². The minimum absolute atomic E-state index is 0.401. The van der Waals surface area contributed by atoms with Gasteiger partial charge < -0.3 is 0 Å². The van der Waals surface area contributed by atoms with E-state index in [1.165, 1.54) is 51.4 Å². The Balaban J connectivity index is 2.12. The molecule has 2 aliphatic rings. The second-order valence-electron chi connectivity index (χ2n) is 4.50. The van der Waals surface area contributed by atoms with E-state index in [2.05, 4.69) is 6.07 Å².